The number of methoxy groups -OCH3 is 2. The van der Waals surface area contributed by atoms with Gasteiger partial charge in [0, 0.05) is 10.8 Å². The molecule has 0 fully saturated rings. The molecule has 3 rings (SSSR count). The number of carbonyl (C=O) groups is 2. The quantitative estimate of drug-likeness (QED) is 0.553. The van der Waals surface area contributed by atoms with E-state index in [1.807, 2.05) is 35.7 Å². The molecule has 1 aromatic heterocycles. The highest BCUT2D eigenvalue weighted by Crippen LogP contribution is 2.43. The van der Waals surface area contributed by atoms with Crippen LogP contribution in [0.15, 0.2) is 41.8 Å². The van der Waals surface area contributed by atoms with Gasteiger partial charge in [0.05, 0.1) is 20.8 Å². The van der Waals surface area contributed by atoms with Crippen LogP contribution in [0.5, 0.6) is 11.5 Å². The highest BCUT2D eigenvalue weighted by atomic mass is 32.1. The zero-order valence-electron chi connectivity index (χ0n) is 15.6. The van der Waals surface area contributed by atoms with Gasteiger partial charge < -0.3 is 14.2 Å². The molecule has 0 unspecified atom stereocenters. The van der Waals surface area contributed by atoms with Crippen molar-refractivity contribution in [1.29, 1.82) is 0 Å². The van der Waals surface area contributed by atoms with Crippen LogP contribution >= 0.6 is 11.3 Å². The number of ketones is 1. The van der Waals surface area contributed by atoms with Gasteiger partial charge in [-0.2, -0.15) is 0 Å². The Morgan fingerprint density at radius 1 is 1.19 bits per heavy atom. The van der Waals surface area contributed by atoms with Gasteiger partial charge in [0.1, 0.15) is 5.92 Å². The van der Waals surface area contributed by atoms with Crippen LogP contribution < -0.4 is 9.47 Å². The summed E-state index contributed by atoms with van der Waals surface area (Å²) in [5.41, 5.74) is 1.75. The van der Waals surface area contributed by atoms with E-state index in [0.717, 1.165) is 16.0 Å². The first-order chi connectivity index (χ1) is 13.1. The number of hydrogen-bond acceptors (Lipinski definition) is 6. The molecule has 1 aromatic carbocycles. The Bertz CT molecular complexity index is 853. The second-order valence-electron chi connectivity index (χ2n) is 6.20. The van der Waals surface area contributed by atoms with Crippen molar-refractivity contribution >= 4 is 28.7 Å². The van der Waals surface area contributed by atoms with E-state index in [-0.39, 0.29) is 18.3 Å². The van der Waals surface area contributed by atoms with Gasteiger partial charge in [-0.3, -0.25) is 9.59 Å². The zero-order chi connectivity index (χ0) is 19.4. The third kappa shape index (κ3) is 3.90. The largest absolute Gasteiger partial charge is 0.493 e. The van der Waals surface area contributed by atoms with Crippen LogP contribution in [0.1, 0.15) is 29.7 Å². The van der Waals surface area contributed by atoms with Crippen molar-refractivity contribution in [2.24, 2.45) is 5.92 Å². The van der Waals surface area contributed by atoms with E-state index in [4.69, 9.17) is 14.2 Å². The lowest BCUT2D eigenvalue weighted by molar-refractivity contribution is -0.151. The normalized spacial score (nSPS) is 19.4. The van der Waals surface area contributed by atoms with E-state index in [2.05, 4.69) is 0 Å². The average Bonchev–Trinajstić information content (AvgIpc) is 3.21. The second-order valence-corrected chi connectivity index (χ2v) is 7.18. The molecule has 1 aliphatic carbocycles. The Balaban J connectivity index is 2.00. The number of carbonyl (C=O) groups excluding carboxylic acids is 2. The molecule has 0 aliphatic heterocycles. The molecule has 2 atom stereocenters. The van der Waals surface area contributed by atoms with Gasteiger partial charge in [-0.25, -0.2) is 0 Å². The molecule has 0 radical (unpaired) electrons. The van der Waals surface area contributed by atoms with Crippen LogP contribution in [0.2, 0.25) is 0 Å². The Morgan fingerprint density at radius 3 is 2.59 bits per heavy atom. The fraction of sp³-hybridized carbons (Fsp3) is 0.333. The van der Waals surface area contributed by atoms with Crippen molar-refractivity contribution < 1.29 is 23.8 Å². The molecule has 1 aliphatic rings. The maximum absolute atomic E-state index is 12.8. The van der Waals surface area contributed by atoms with Crippen LogP contribution in [0, 0.1) is 5.92 Å². The van der Waals surface area contributed by atoms with E-state index in [1.54, 1.807) is 38.6 Å². The van der Waals surface area contributed by atoms with Crippen LogP contribution in [0.25, 0.3) is 5.57 Å². The third-order valence-corrected chi connectivity index (χ3v) is 5.67. The molecule has 0 saturated carbocycles. The number of ether oxygens (including phenoxy) is 3. The summed E-state index contributed by atoms with van der Waals surface area (Å²) in [4.78, 5) is 26.3. The summed E-state index contributed by atoms with van der Waals surface area (Å²) in [6, 6.07) is 9.47. The molecule has 0 saturated heterocycles. The molecule has 142 valence electrons. The fourth-order valence-corrected chi connectivity index (χ4v) is 4.26. The summed E-state index contributed by atoms with van der Waals surface area (Å²) in [5, 5.41) is 1.95. The zero-order valence-corrected chi connectivity index (χ0v) is 16.4. The van der Waals surface area contributed by atoms with Gasteiger partial charge in [-0.05, 0) is 54.1 Å². The van der Waals surface area contributed by atoms with Crippen molar-refractivity contribution in [3.05, 3.63) is 52.2 Å². The Kier molecular flexibility index (Phi) is 5.96. The summed E-state index contributed by atoms with van der Waals surface area (Å²) >= 11 is 1.55. The summed E-state index contributed by atoms with van der Waals surface area (Å²) in [6.45, 7) is 2.00. The summed E-state index contributed by atoms with van der Waals surface area (Å²) in [5.74, 6) is -0.477. The minimum Gasteiger partial charge on any atom is -0.493 e. The van der Waals surface area contributed by atoms with Crippen molar-refractivity contribution in [3.8, 4) is 11.5 Å². The predicted octanol–water partition coefficient (Wildman–Crippen LogP) is 4.08. The van der Waals surface area contributed by atoms with Crippen LogP contribution in [-0.4, -0.2) is 32.6 Å². The maximum atomic E-state index is 12.8. The van der Waals surface area contributed by atoms with Gasteiger partial charge in [0.25, 0.3) is 0 Å². The van der Waals surface area contributed by atoms with E-state index in [9.17, 15) is 9.59 Å². The minimum atomic E-state index is -0.799. The monoisotopic (exact) mass is 386 g/mol. The van der Waals surface area contributed by atoms with Crippen LogP contribution in [0.3, 0.4) is 0 Å². The summed E-state index contributed by atoms with van der Waals surface area (Å²) in [7, 11) is 3.16. The lowest BCUT2D eigenvalue weighted by Gasteiger charge is -2.28. The molecular weight excluding hydrogens is 364 g/mol. The fourth-order valence-electron chi connectivity index (χ4n) is 3.39. The molecule has 0 amide bonds. The molecule has 6 heteroatoms. The van der Waals surface area contributed by atoms with Crippen molar-refractivity contribution in [2.75, 3.05) is 20.8 Å². The first kappa shape index (κ1) is 19.2. The lowest BCUT2D eigenvalue weighted by atomic mass is 9.76. The number of benzene rings is 1. The van der Waals surface area contributed by atoms with Crippen molar-refractivity contribution in [2.45, 2.75) is 19.3 Å². The highest BCUT2D eigenvalue weighted by Gasteiger charge is 2.40. The average molecular weight is 386 g/mol. The Morgan fingerprint density at radius 2 is 1.96 bits per heavy atom. The molecular formula is C21H22O5S. The molecule has 5 nitrogen and oxygen atoms in total. The second kappa shape index (κ2) is 8.39. The van der Waals surface area contributed by atoms with Gasteiger partial charge in [-0.1, -0.05) is 12.1 Å². The number of rotatable bonds is 6. The standard InChI is InChI=1S/C21H22O5S/c1-4-26-21(23)20-15(19-6-5-9-27-19)10-14(11-16(20)22)13-7-8-17(24-2)18(12-13)25-3/h5-9,11-12,15,20H,4,10H2,1-3H3/t15-,20-/m1/s1. The number of allylic oxidation sites excluding steroid dienone is 2. The van der Waals surface area contributed by atoms with E-state index < -0.39 is 11.9 Å². The first-order valence-corrected chi connectivity index (χ1v) is 9.63. The summed E-state index contributed by atoms with van der Waals surface area (Å²) < 4.78 is 15.8. The minimum absolute atomic E-state index is 0.220. The SMILES string of the molecule is CCOC(=O)[C@H]1C(=O)C=C(c2ccc(OC)c(OC)c2)C[C@@H]1c1cccs1. The number of esters is 1. The predicted molar refractivity (Wildman–Crippen MR) is 104 cm³/mol. The van der Waals surface area contributed by atoms with E-state index in [1.165, 1.54) is 0 Å². The third-order valence-electron chi connectivity index (χ3n) is 4.67. The smallest absolute Gasteiger partial charge is 0.317 e. The van der Waals surface area contributed by atoms with Gasteiger partial charge in [0.15, 0.2) is 17.3 Å². The van der Waals surface area contributed by atoms with Gasteiger partial charge >= 0.3 is 5.97 Å². The molecule has 2 aromatic rings. The molecule has 1 heterocycles. The van der Waals surface area contributed by atoms with E-state index in [0.29, 0.717) is 17.9 Å². The topological polar surface area (TPSA) is 61.8 Å². The molecule has 0 spiro atoms. The van der Waals surface area contributed by atoms with Gasteiger partial charge in [0.2, 0.25) is 0 Å². The highest BCUT2D eigenvalue weighted by molar-refractivity contribution is 7.10. The van der Waals surface area contributed by atoms with Crippen LogP contribution in [0.4, 0.5) is 0 Å². The van der Waals surface area contributed by atoms with Crippen molar-refractivity contribution in [3.63, 3.8) is 0 Å². The molecule has 27 heavy (non-hydrogen) atoms. The number of hydrogen-bond donors (Lipinski definition) is 0. The number of thiophene rings is 1. The Hall–Kier alpha value is -2.60. The lowest BCUT2D eigenvalue weighted by Crippen LogP contribution is -2.33. The van der Waals surface area contributed by atoms with Gasteiger partial charge in [-0.15, -0.1) is 11.3 Å². The Labute approximate surface area is 162 Å². The van der Waals surface area contributed by atoms with Crippen LogP contribution in [-0.2, 0) is 14.3 Å². The molecule has 0 N–H and O–H groups in total. The molecule has 0 bridgehead atoms. The summed E-state index contributed by atoms with van der Waals surface area (Å²) in [6.07, 6.45) is 2.14. The first-order valence-electron chi connectivity index (χ1n) is 8.75. The van der Waals surface area contributed by atoms with Crippen molar-refractivity contribution in [1.82, 2.24) is 0 Å². The maximum Gasteiger partial charge on any atom is 0.317 e. The van der Waals surface area contributed by atoms with E-state index >= 15 is 0 Å².